The molecule has 3 aromatic rings. The van der Waals surface area contributed by atoms with Crippen LogP contribution in [0.15, 0.2) is 84.9 Å². The highest BCUT2D eigenvalue weighted by Crippen LogP contribution is 2.38. The van der Waals surface area contributed by atoms with Crippen LogP contribution in [-0.2, 0) is 11.0 Å². The van der Waals surface area contributed by atoms with E-state index in [1.807, 2.05) is 12.1 Å². The highest BCUT2D eigenvalue weighted by molar-refractivity contribution is 6.99. The molecule has 158 valence electrons. The first kappa shape index (κ1) is 21.5. The molecule has 0 saturated carbocycles. The predicted molar refractivity (Wildman–Crippen MR) is 129 cm³/mol. The predicted octanol–water partition coefficient (Wildman–Crippen LogP) is 4.32. The average molecular weight is 427 g/mol. The lowest BCUT2D eigenvalue weighted by Crippen LogP contribution is -2.70. The Balaban J connectivity index is 1.56. The van der Waals surface area contributed by atoms with Gasteiger partial charge in [-0.05, 0) is 33.1 Å². The molecule has 1 fully saturated rings. The standard InChI is InChI=1S/C27H30N2OSi/c1-27(2,3)31(25-10-6-4-7-11-25,26-12-8-5-9-13-26)30-24-20-29(21-24)19-23-16-14-22(18-28)15-17-23/h4-17,24H,19-21H2,1-3H3. The van der Waals surface area contributed by atoms with Crippen LogP contribution >= 0.6 is 0 Å². The van der Waals surface area contributed by atoms with Crippen molar-refractivity contribution < 1.29 is 4.43 Å². The van der Waals surface area contributed by atoms with Gasteiger partial charge < -0.3 is 4.43 Å². The monoisotopic (exact) mass is 426 g/mol. The molecular weight excluding hydrogens is 396 g/mol. The van der Waals surface area contributed by atoms with Gasteiger partial charge >= 0.3 is 0 Å². The summed E-state index contributed by atoms with van der Waals surface area (Å²) < 4.78 is 7.17. The number of hydrogen-bond donors (Lipinski definition) is 0. The summed E-state index contributed by atoms with van der Waals surface area (Å²) in [6.07, 6.45) is 0.227. The molecule has 0 radical (unpaired) electrons. The van der Waals surface area contributed by atoms with Crippen molar-refractivity contribution in [3.8, 4) is 6.07 Å². The van der Waals surface area contributed by atoms with Gasteiger partial charge in [-0.1, -0.05) is 93.6 Å². The van der Waals surface area contributed by atoms with Gasteiger partial charge in [0, 0.05) is 19.6 Å². The lowest BCUT2D eigenvalue weighted by atomic mass is 10.1. The molecule has 1 aliphatic heterocycles. The summed E-state index contributed by atoms with van der Waals surface area (Å²) in [6, 6.07) is 31.8. The molecular formula is C27H30N2OSi. The number of nitriles is 1. The number of nitrogens with zero attached hydrogens (tertiary/aromatic N) is 2. The molecule has 0 unspecified atom stereocenters. The second-order valence-corrected chi connectivity index (χ2v) is 13.7. The second-order valence-electron chi connectivity index (χ2n) is 9.41. The lowest BCUT2D eigenvalue weighted by molar-refractivity contribution is 0.00810. The molecule has 31 heavy (non-hydrogen) atoms. The van der Waals surface area contributed by atoms with E-state index in [1.165, 1.54) is 15.9 Å². The van der Waals surface area contributed by atoms with Crippen LogP contribution in [0.4, 0.5) is 0 Å². The van der Waals surface area contributed by atoms with Gasteiger partial charge in [-0.2, -0.15) is 5.26 Å². The fourth-order valence-electron chi connectivity index (χ4n) is 4.61. The van der Waals surface area contributed by atoms with Gasteiger partial charge in [0.25, 0.3) is 8.32 Å². The van der Waals surface area contributed by atoms with Crippen LogP contribution in [0.1, 0.15) is 31.9 Å². The Labute approximate surface area is 187 Å². The highest BCUT2D eigenvalue weighted by Gasteiger charge is 2.52. The summed E-state index contributed by atoms with van der Waals surface area (Å²) >= 11 is 0. The number of hydrogen-bond acceptors (Lipinski definition) is 3. The van der Waals surface area contributed by atoms with Crippen LogP contribution in [0, 0.1) is 11.3 Å². The topological polar surface area (TPSA) is 36.3 Å². The zero-order valence-corrected chi connectivity index (χ0v) is 19.6. The molecule has 3 aromatic carbocycles. The van der Waals surface area contributed by atoms with Crippen molar-refractivity contribution in [1.82, 2.24) is 4.90 Å². The fourth-order valence-corrected chi connectivity index (χ4v) is 9.27. The van der Waals surface area contributed by atoms with Gasteiger partial charge in [0.2, 0.25) is 0 Å². The van der Waals surface area contributed by atoms with E-state index in [0.717, 1.165) is 19.6 Å². The zero-order valence-electron chi connectivity index (χ0n) is 18.6. The van der Waals surface area contributed by atoms with Gasteiger partial charge in [0.1, 0.15) is 0 Å². The van der Waals surface area contributed by atoms with Crippen molar-refractivity contribution in [2.45, 2.75) is 38.5 Å². The van der Waals surface area contributed by atoms with Crippen LogP contribution < -0.4 is 10.4 Å². The summed E-state index contributed by atoms with van der Waals surface area (Å²) in [7, 11) is -2.48. The highest BCUT2D eigenvalue weighted by atomic mass is 28.4. The first-order valence-corrected chi connectivity index (χ1v) is 12.8. The van der Waals surface area contributed by atoms with Crippen molar-refractivity contribution in [2.24, 2.45) is 0 Å². The van der Waals surface area contributed by atoms with E-state index < -0.39 is 8.32 Å². The minimum atomic E-state index is -2.48. The van der Waals surface area contributed by atoms with E-state index in [2.05, 4.69) is 105 Å². The van der Waals surface area contributed by atoms with E-state index in [9.17, 15) is 0 Å². The Hall–Kier alpha value is -2.71. The van der Waals surface area contributed by atoms with Crippen LogP contribution in [0.2, 0.25) is 5.04 Å². The molecule has 0 atom stereocenters. The first-order chi connectivity index (χ1) is 14.9. The van der Waals surface area contributed by atoms with Gasteiger partial charge in [-0.25, -0.2) is 0 Å². The Morgan fingerprint density at radius 2 is 1.39 bits per heavy atom. The van der Waals surface area contributed by atoms with Crippen LogP contribution in [0.3, 0.4) is 0 Å². The third-order valence-corrected chi connectivity index (χ3v) is 11.3. The van der Waals surface area contributed by atoms with Crippen molar-refractivity contribution in [1.29, 1.82) is 5.26 Å². The summed E-state index contributed by atoms with van der Waals surface area (Å²) in [5.41, 5.74) is 1.95. The Morgan fingerprint density at radius 3 is 1.84 bits per heavy atom. The molecule has 3 nitrogen and oxygen atoms in total. The van der Waals surface area contributed by atoms with E-state index in [-0.39, 0.29) is 11.1 Å². The third-order valence-electron chi connectivity index (χ3n) is 6.17. The molecule has 0 aromatic heterocycles. The molecule has 0 N–H and O–H groups in total. The van der Waals surface area contributed by atoms with Crippen molar-refractivity contribution in [3.63, 3.8) is 0 Å². The zero-order chi connectivity index (χ0) is 21.9. The molecule has 0 amide bonds. The van der Waals surface area contributed by atoms with E-state index in [0.29, 0.717) is 5.56 Å². The van der Waals surface area contributed by atoms with Crippen molar-refractivity contribution in [3.05, 3.63) is 96.1 Å². The molecule has 1 heterocycles. The normalized spacial score (nSPS) is 15.3. The maximum absolute atomic E-state index is 8.99. The van der Waals surface area contributed by atoms with Gasteiger partial charge in [0.05, 0.1) is 17.7 Å². The SMILES string of the molecule is CC(C)(C)[Si](OC1CN(Cc2ccc(C#N)cc2)C1)(c1ccccc1)c1ccccc1. The fraction of sp³-hybridized carbons (Fsp3) is 0.296. The lowest BCUT2D eigenvalue weighted by Gasteiger charge is -2.49. The van der Waals surface area contributed by atoms with Crippen LogP contribution in [-0.4, -0.2) is 32.4 Å². The minimum absolute atomic E-state index is 0.00323. The molecule has 0 spiro atoms. The largest absolute Gasteiger partial charge is 0.402 e. The smallest absolute Gasteiger partial charge is 0.261 e. The molecule has 1 saturated heterocycles. The molecule has 1 aliphatic rings. The molecule has 4 heteroatoms. The van der Waals surface area contributed by atoms with E-state index in [4.69, 9.17) is 9.69 Å². The Bertz CT molecular complexity index is 991. The molecule has 0 bridgehead atoms. The quantitative estimate of drug-likeness (QED) is 0.551. The number of rotatable bonds is 6. The summed E-state index contributed by atoms with van der Waals surface area (Å²) in [6.45, 7) is 9.74. The summed E-state index contributed by atoms with van der Waals surface area (Å²) in [5, 5.41) is 11.7. The first-order valence-electron chi connectivity index (χ1n) is 10.9. The van der Waals surface area contributed by atoms with Crippen LogP contribution in [0.25, 0.3) is 0 Å². The van der Waals surface area contributed by atoms with Crippen molar-refractivity contribution >= 4 is 18.7 Å². The minimum Gasteiger partial charge on any atom is -0.402 e. The second kappa shape index (κ2) is 8.80. The van der Waals surface area contributed by atoms with Gasteiger partial charge in [-0.15, -0.1) is 0 Å². The Kier molecular flexibility index (Phi) is 6.11. The van der Waals surface area contributed by atoms with Gasteiger partial charge in [-0.3, -0.25) is 4.90 Å². The van der Waals surface area contributed by atoms with E-state index >= 15 is 0 Å². The third kappa shape index (κ3) is 4.36. The van der Waals surface area contributed by atoms with Crippen LogP contribution in [0.5, 0.6) is 0 Å². The summed E-state index contributed by atoms with van der Waals surface area (Å²) in [4.78, 5) is 2.42. The van der Waals surface area contributed by atoms with Crippen molar-refractivity contribution in [2.75, 3.05) is 13.1 Å². The number of benzene rings is 3. The number of likely N-dealkylation sites (tertiary alicyclic amines) is 1. The van der Waals surface area contributed by atoms with E-state index in [1.54, 1.807) is 0 Å². The summed E-state index contributed by atoms with van der Waals surface area (Å²) in [5.74, 6) is 0. The maximum Gasteiger partial charge on any atom is 0.261 e. The molecule has 0 aliphatic carbocycles. The maximum atomic E-state index is 8.99. The Morgan fingerprint density at radius 1 is 0.871 bits per heavy atom. The average Bonchev–Trinajstić information content (AvgIpc) is 2.76. The molecule has 4 rings (SSSR count). The van der Waals surface area contributed by atoms with Gasteiger partial charge in [0.15, 0.2) is 0 Å².